The number of furan rings is 1. The van der Waals surface area contributed by atoms with Crippen molar-refractivity contribution in [2.45, 2.75) is 6.54 Å². The van der Waals surface area contributed by atoms with Crippen LogP contribution >= 0.6 is 0 Å². The summed E-state index contributed by atoms with van der Waals surface area (Å²) in [6, 6.07) is 1.63. The van der Waals surface area contributed by atoms with E-state index in [4.69, 9.17) is 14.3 Å². The van der Waals surface area contributed by atoms with Gasteiger partial charge in [-0.15, -0.1) is 0 Å². The third-order valence-electron chi connectivity index (χ3n) is 2.03. The number of hydrogen-bond acceptors (Lipinski definition) is 6. The number of esters is 1. The van der Waals surface area contributed by atoms with Crippen molar-refractivity contribution in [3.8, 4) is 0 Å². The second kappa shape index (κ2) is 7.83. The van der Waals surface area contributed by atoms with Gasteiger partial charge in [-0.1, -0.05) is 0 Å². The molecule has 1 heterocycles. The summed E-state index contributed by atoms with van der Waals surface area (Å²) in [7, 11) is 1.33. The Morgan fingerprint density at radius 3 is 3.06 bits per heavy atom. The molecule has 0 saturated heterocycles. The lowest BCUT2D eigenvalue weighted by atomic mass is 10.3. The molecule has 0 fully saturated rings. The van der Waals surface area contributed by atoms with Crippen LogP contribution in [0.15, 0.2) is 16.7 Å². The Balaban J connectivity index is 2.19. The molecule has 1 rings (SSSR count). The summed E-state index contributed by atoms with van der Waals surface area (Å²) >= 11 is 0. The molecule has 0 aliphatic rings. The molecule has 0 aliphatic heterocycles. The second-order valence-electron chi connectivity index (χ2n) is 3.31. The van der Waals surface area contributed by atoms with E-state index >= 15 is 0 Å². The highest BCUT2D eigenvalue weighted by Gasteiger charge is 2.09. The van der Waals surface area contributed by atoms with E-state index in [1.165, 1.54) is 13.4 Å². The molecular weight excluding hydrogens is 226 g/mol. The van der Waals surface area contributed by atoms with Crippen molar-refractivity contribution in [1.29, 1.82) is 0 Å². The number of ether oxygens (including phenoxy) is 2. The Morgan fingerprint density at radius 1 is 1.53 bits per heavy atom. The van der Waals surface area contributed by atoms with E-state index in [1.807, 2.05) is 0 Å². The molecule has 0 atom stereocenters. The predicted molar refractivity (Wildman–Crippen MR) is 59.7 cm³/mol. The number of nitrogens with one attached hydrogen (secondary N) is 1. The average molecular weight is 243 g/mol. The van der Waals surface area contributed by atoms with Crippen LogP contribution in [-0.4, -0.2) is 44.6 Å². The van der Waals surface area contributed by atoms with Crippen molar-refractivity contribution >= 4 is 5.97 Å². The molecule has 0 unspecified atom stereocenters. The van der Waals surface area contributed by atoms with E-state index in [2.05, 4.69) is 10.1 Å². The molecule has 2 N–H and O–H groups in total. The molecule has 6 nitrogen and oxygen atoms in total. The summed E-state index contributed by atoms with van der Waals surface area (Å²) in [5.74, 6) is 0.249. The average Bonchev–Trinajstić information content (AvgIpc) is 2.81. The fourth-order valence-corrected chi connectivity index (χ4v) is 1.22. The lowest BCUT2D eigenvalue weighted by Crippen LogP contribution is -2.19. The first-order valence-corrected chi connectivity index (χ1v) is 5.33. The van der Waals surface area contributed by atoms with Gasteiger partial charge in [-0.2, -0.15) is 0 Å². The van der Waals surface area contributed by atoms with Crippen molar-refractivity contribution < 1.29 is 23.8 Å². The van der Waals surface area contributed by atoms with Crippen LogP contribution in [0.5, 0.6) is 0 Å². The summed E-state index contributed by atoms with van der Waals surface area (Å²) in [6.45, 7) is 2.05. The molecule has 0 radical (unpaired) electrons. The van der Waals surface area contributed by atoms with Crippen LogP contribution in [0.25, 0.3) is 0 Å². The minimum Gasteiger partial charge on any atom is -0.467 e. The first-order valence-electron chi connectivity index (χ1n) is 5.33. The standard InChI is InChI=1S/C11H17NO5/c1-15-11(14)9-6-10(17-8-9)7-12-2-4-16-5-3-13/h6,8,12-13H,2-5,7H2,1H3. The molecule has 0 bridgehead atoms. The minimum atomic E-state index is -0.411. The number of aliphatic hydroxyl groups excluding tert-OH is 1. The number of hydrogen-bond donors (Lipinski definition) is 2. The quantitative estimate of drug-likeness (QED) is 0.500. The van der Waals surface area contributed by atoms with E-state index in [1.54, 1.807) is 6.07 Å². The SMILES string of the molecule is COC(=O)c1coc(CNCCOCCO)c1. The summed E-state index contributed by atoms with van der Waals surface area (Å²) in [5.41, 5.74) is 0.404. The van der Waals surface area contributed by atoms with Crippen molar-refractivity contribution in [2.75, 3.05) is 33.5 Å². The molecule has 0 amide bonds. The topological polar surface area (TPSA) is 80.9 Å². The summed E-state index contributed by atoms with van der Waals surface area (Å²) in [6.07, 6.45) is 1.37. The van der Waals surface area contributed by atoms with Crippen LogP contribution in [0.4, 0.5) is 0 Å². The second-order valence-corrected chi connectivity index (χ2v) is 3.31. The maximum Gasteiger partial charge on any atom is 0.341 e. The van der Waals surface area contributed by atoms with Gasteiger partial charge < -0.3 is 24.3 Å². The summed E-state index contributed by atoms with van der Waals surface area (Å²) < 4.78 is 14.8. The molecular formula is C11H17NO5. The van der Waals surface area contributed by atoms with Crippen LogP contribution < -0.4 is 5.32 Å². The van der Waals surface area contributed by atoms with Crippen LogP contribution in [0, 0.1) is 0 Å². The smallest absolute Gasteiger partial charge is 0.341 e. The van der Waals surface area contributed by atoms with E-state index in [-0.39, 0.29) is 6.61 Å². The van der Waals surface area contributed by atoms with E-state index in [0.717, 1.165) is 0 Å². The third kappa shape index (κ3) is 4.99. The van der Waals surface area contributed by atoms with E-state index in [0.29, 0.717) is 37.6 Å². The highest BCUT2D eigenvalue weighted by atomic mass is 16.5. The Morgan fingerprint density at radius 2 is 2.35 bits per heavy atom. The largest absolute Gasteiger partial charge is 0.467 e. The van der Waals surface area contributed by atoms with E-state index in [9.17, 15) is 4.79 Å². The Hall–Kier alpha value is -1.37. The van der Waals surface area contributed by atoms with Crippen molar-refractivity contribution in [3.05, 3.63) is 23.7 Å². The van der Waals surface area contributed by atoms with Gasteiger partial charge in [0.15, 0.2) is 0 Å². The zero-order chi connectivity index (χ0) is 12.5. The summed E-state index contributed by atoms with van der Waals surface area (Å²) in [5, 5.41) is 11.6. The zero-order valence-corrected chi connectivity index (χ0v) is 9.77. The maximum absolute atomic E-state index is 11.1. The highest BCUT2D eigenvalue weighted by Crippen LogP contribution is 2.08. The van der Waals surface area contributed by atoms with Crippen LogP contribution in [-0.2, 0) is 16.0 Å². The molecule has 0 spiro atoms. The number of rotatable bonds is 8. The van der Waals surface area contributed by atoms with Crippen molar-refractivity contribution in [1.82, 2.24) is 5.32 Å². The van der Waals surface area contributed by atoms with Gasteiger partial charge in [0.05, 0.1) is 39.0 Å². The summed E-state index contributed by atoms with van der Waals surface area (Å²) in [4.78, 5) is 11.1. The Labute approximate surface area is 99.5 Å². The van der Waals surface area contributed by atoms with Gasteiger partial charge >= 0.3 is 5.97 Å². The Bertz CT molecular complexity index is 336. The number of carbonyl (C=O) groups excluding carboxylic acids is 1. The molecule has 0 aliphatic carbocycles. The number of methoxy groups -OCH3 is 1. The van der Waals surface area contributed by atoms with Gasteiger partial charge in [0.25, 0.3) is 0 Å². The van der Waals surface area contributed by atoms with Crippen molar-refractivity contribution in [2.24, 2.45) is 0 Å². The number of aliphatic hydroxyl groups is 1. The molecule has 0 aromatic carbocycles. The predicted octanol–water partition coefficient (Wildman–Crippen LogP) is 0.165. The van der Waals surface area contributed by atoms with Gasteiger partial charge in [-0.25, -0.2) is 4.79 Å². The van der Waals surface area contributed by atoms with Crippen LogP contribution in [0.2, 0.25) is 0 Å². The first-order chi connectivity index (χ1) is 8.27. The minimum absolute atomic E-state index is 0.0284. The van der Waals surface area contributed by atoms with Gasteiger partial charge in [0, 0.05) is 6.54 Å². The van der Waals surface area contributed by atoms with Crippen LogP contribution in [0.3, 0.4) is 0 Å². The van der Waals surface area contributed by atoms with Crippen molar-refractivity contribution in [3.63, 3.8) is 0 Å². The maximum atomic E-state index is 11.1. The van der Waals surface area contributed by atoms with E-state index < -0.39 is 5.97 Å². The zero-order valence-electron chi connectivity index (χ0n) is 9.77. The molecule has 17 heavy (non-hydrogen) atoms. The molecule has 96 valence electrons. The van der Waals surface area contributed by atoms with Gasteiger partial charge in [0.2, 0.25) is 0 Å². The first kappa shape index (κ1) is 13.7. The van der Waals surface area contributed by atoms with Gasteiger partial charge in [-0.05, 0) is 6.07 Å². The molecule has 0 saturated carbocycles. The lowest BCUT2D eigenvalue weighted by molar-refractivity contribution is 0.0600. The highest BCUT2D eigenvalue weighted by molar-refractivity contribution is 5.88. The third-order valence-corrected chi connectivity index (χ3v) is 2.03. The van der Waals surface area contributed by atoms with Crippen LogP contribution in [0.1, 0.15) is 16.1 Å². The Kier molecular flexibility index (Phi) is 6.31. The van der Waals surface area contributed by atoms with Gasteiger partial charge in [0.1, 0.15) is 12.0 Å². The van der Waals surface area contributed by atoms with Gasteiger partial charge in [-0.3, -0.25) is 0 Å². The molecule has 6 heteroatoms. The normalized spacial score (nSPS) is 10.5. The fraction of sp³-hybridized carbons (Fsp3) is 0.545. The lowest BCUT2D eigenvalue weighted by Gasteiger charge is -2.02. The fourth-order valence-electron chi connectivity index (χ4n) is 1.22. The number of carbonyl (C=O) groups is 1. The molecule has 1 aromatic rings. The monoisotopic (exact) mass is 243 g/mol. The molecule has 1 aromatic heterocycles.